The maximum atomic E-state index is 5.69. The summed E-state index contributed by atoms with van der Waals surface area (Å²) in [4.78, 5) is 2.40. The van der Waals surface area contributed by atoms with Crippen molar-refractivity contribution in [2.24, 2.45) is 5.73 Å². The molecule has 2 N–H and O–H groups in total. The molecule has 1 saturated heterocycles. The lowest BCUT2D eigenvalue weighted by Crippen LogP contribution is -2.45. The molecule has 1 unspecified atom stereocenters. The van der Waals surface area contributed by atoms with Gasteiger partial charge in [-0.2, -0.15) is 5.10 Å². The van der Waals surface area contributed by atoms with E-state index >= 15 is 0 Å². The SMILES string of the molecule is CCc1nn(CC)c(CN2CCOC(CN)C2)c1Br. The van der Waals surface area contributed by atoms with Crippen molar-refractivity contribution in [1.82, 2.24) is 14.7 Å². The topological polar surface area (TPSA) is 56.3 Å². The highest BCUT2D eigenvalue weighted by molar-refractivity contribution is 9.10. The summed E-state index contributed by atoms with van der Waals surface area (Å²) in [5, 5.41) is 4.64. The third kappa shape index (κ3) is 3.37. The van der Waals surface area contributed by atoms with Crippen molar-refractivity contribution in [2.45, 2.75) is 39.5 Å². The molecule has 6 heteroatoms. The van der Waals surface area contributed by atoms with Crippen LogP contribution >= 0.6 is 15.9 Å². The van der Waals surface area contributed by atoms with Crippen LogP contribution < -0.4 is 5.73 Å². The van der Waals surface area contributed by atoms with Gasteiger partial charge < -0.3 is 10.5 Å². The monoisotopic (exact) mass is 330 g/mol. The van der Waals surface area contributed by atoms with E-state index in [0.29, 0.717) is 6.54 Å². The number of nitrogens with zero attached hydrogens (tertiary/aromatic N) is 3. The van der Waals surface area contributed by atoms with E-state index in [1.807, 2.05) is 0 Å². The van der Waals surface area contributed by atoms with E-state index in [1.54, 1.807) is 0 Å². The Balaban J connectivity index is 2.11. The van der Waals surface area contributed by atoms with Crippen LogP contribution in [0, 0.1) is 0 Å². The molecule has 5 nitrogen and oxygen atoms in total. The lowest BCUT2D eigenvalue weighted by atomic mass is 10.2. The lowest BCUT2D eigenvalue weighted by Gasteiger charge is -2.32. The Morgan fingerprint density at radius 3 is 2.89 bits per heavy atom. The fourth-order valence-electron chi connectivity index (χ4n) is 2.45. The summed E-state index contributed by atoms with van der Waals surface area (Å²) in [6.07, 6.45) is 1.12. The molecule has 108 valence electrons. The van der Waals surface area contributed by atoms with Gasteiger partial charge in [-0.05, 0) is 29.3 Å². The van der Waals surface area contributed by atoms with Crippen molar-refractivity contribution in [3.05, 3.63) is 15.9 Å². The zero-order valence-electron chi connectivity index (χ0n) is 11.7. The summed E-state index contributed by atoms with van der Waals surface area (Å²) >= 11 is 3.70. The van der Waals surface area contributed by atoms with Gasteiger partial charge in [0.2, 0.25) is 0 Å². The lowest BCUT2D eigenvalue weighted by molar-refractivity contribution is -0.0268. The molecule has 0 bridgehead atoms. The Labute approximate surface area is 123 Å². The van der Waals surface area contributed by atoms with Gasteiger partial charge in [-0.1, -0.05) is 6.92 Å². The van der Waals surface area contributed by atoms with Gasteiger partial charge in [0.15, 0.2) is 0 Å². The van der Waals surface area contributed by atoms with Crippen LogP contribution in [0.4, 0.5) is 0 Å². The van der Waals surface area contributed by atoms with E-state index in [2.05, 4.69) is 44.5 Å². The Morgan fingerprint density at radius 1 is 1.47 bits per heavy atom. The van der Waals surface area contributed by atoms with Crippen LogP contribution in [0.25, 0.3) is 0 Å². The normalized spacial score (nSPS) is 20.9. The fourth-order valence-corrected chi connectivity index (χ4v) is 3.14. The van der Waals surface area contributed by atoms with Gasteiger partial charge in [-0.3, -0.25) is 9.58 Å². The van der Waals surface area contributed by atoms with Crippen LogP contribution in [0.2, 0.25) is 0 Å². The highest BCUT2D eigenvalue weighted by Crippen LogP contribution is 2.24. The second-order valence-electron chi connectivity index (χ2n) is 4.84. The van der Waals surface area contributed by atoms with Crippen LogP contribution in [-0.4, -0.2) is 47.0 Å². The maximum Gasteiger partial charge on any atom is 0.0824 e. The Hall–Kier alpha value is -0.430. The largest absolute Gasteiger partial charge is 0.374 e. The molecule has 1 aromatic heterocycles. The van der Waals surface area contributed by atoms with Crippen LogP contribution in [0.3, 0.4) is 0 Å². The first-order valence-electron chi connectivity index (χ1n) is 6.97. The minimum Gasteiger partial charge on any atom is -0.374 e. The average molecular weight is 331 g/mol. The number of morpholine rings is 1. The Morgan fingerprint density at radius 2 is 2.26 bits per heavy atom. The molecule has 0 saturated carbocycles. The van der Waals surface area contributed by atoms with Crippen molar-refractivity contribution in [3.8, 4) is 0 Å². The van der Waals surface area contributed by atoms with Crippen LogP contribution in [0.1, 0.15) is 25.2 Å². The molecule has 2 heterocycles. The minimum absolute atomic E-state index is 0.163. The van der Waals surface area contributed by atoms with E-state index < -0.39 is 0 Å². The van der Waals surface area contributed by atoms with Crippen molar-refractivity contribution < 1.29 is 4.74 Å². The zero-order valence-corrected chi connectivity index (χ0v) is 13.3. The number of aryl methyl sites for hydroxylation is 2. The molecule has 1 atom stereocenters. The maximum absolute atomic E-state index is 5.69. The van der Waals surface area contributed by atoms with Gasteiger partial charge >= 0.3 is 0 Å². The summed E-state index contributed by atoms with van der Waals surface area (Å²) in [5.41, 5.74) is 8.09. The third-order valence-corrected chi connectivity index (χ3v) is 4.47. The molecule has 0 aliphatic carbocycles. The molecule has 1 fully saturated rings. The molecule has 0 radical (unpaired) electrons. The molecule has 19 heavy (non-hydrogen) atoms. The molecular formula is C13H23BrN4O. The van der Waals surface area contributed by atoms with Gasteiger partial charge in [0, 0.05) is 32.7 Å². The van der Waals surface area contributed by atoms with E-state index in [1.165, 1.54) is 5.69 Å². The number of aromatic nitrogens is 2. The Kier molecular flexibility index (Phi) is 5.38. The van der Waals surface area contributed by atoms with Crippen molar-refractivity contribution in [1.29, 1.82) is 0 Å². The molecule has 1 aromatic rings. The molecule has 0 spiro atoms. The first-order valence-corrected chi connectivity index (χ1v) is 7.76. The van der Waals surface area contributed by atoms with E-state index in [-0.39, 0.29) is 6.10 Å². The first-order chi connectivity index (χ1) is 9.19. The van der Waals surface area contributed by atoms with E-state index in [4.69, 9.17) is 10.5 Å². The van der Waals surface area contributed by atoms with Gasteiger partial charge in [-0.15, -0.1) is 0 Å². The smallest absolute Gasteiger partial charge is 0.0824 e. The van der Waals surface area contributed by atoms with Crippen LogP contribution in [0.5, 0.6) is 0 Å². The highest BCUT2D eigenvalue weighted by Gasteiger charge is 2.22. The first kappa shape index (κ1) is 15.0. The summed E-state index contributed by atoms with van der Waals surface area (Å²) in [6, 6.07) is 0. The molecule has 1 aliphatic rings. The molecular weight excluding hydrogens is 308 g/mol. The predicted octanol–water partition coefficient (Wildman–Crippen LogP) is 1.39. The number of hydrogen-bond acceptors (Lipinski definition) is 4. The van der Waals surface area contributed by atoms with E-state index in [9.17, 15) is 0 Å². The van der Waals surface area contributed by atoms with Crippen molar-refractivity contribution in [3.63, 3.8) is 0 Å². The van der Waals surface area contributed by atoms with E-state index in [0.717, 1.165) is 49.4 Å². The standard InChI is InChI=1S/C13H23BrN4O/c1-3-11-13(14)12(18(4-2)16-11)9-17-5-6-19-10(7-15)8-17/h10H,3-9,15H2,1-2H3. The number of nitrogens with two attached hydrogens (primary N) is 1. The van der Waals surface area contributed by atoms with Gasteiger partial charge in [0.25, 0.3) is 0 Å². The summed E-state index contributed by atoms with van der Waals surface area (Å²) in [7, 11) is 0. The molecule has 0 amide bonds. The number of rotatable bonds is 5. The van der Waals surface area contributed by atoms with Gasteiger partial charge in [0.05, 0.1) is 28.6 Å². The predicted molar refractivity (Wildman–Crippen MR) is 79.1 cm³/mol. The number of hydrogen-bond donors (Lipinski definition) is 1. The van der Waals surface area contributed by atoms with Crippen LogP contribution in [0.15, 0.2) is 4.47 Å². The quantitative estimate of drug-likeness (QED) is 0.886. The average Bonchev–Trinajstić information content (AvgIpc) is 2.75. The summed E-state index contributed by atoms with van der Waals surface area (Å²) in [5.74, 6) is 0. The van der Waals surface area contributed by atoms with Gasteiger partial charge in [-0.25, -0.2) is 0 Å². The molecule has 0 aromatic carbocycles. The Bertz CT molecular complexity index is 421. The minimum atomic E-state index is 0.163. The van der Waals surface area contributed by atoms with Gasteiger partial charge in [0.1, 0.15) is 0 Å². The summed E-state index contributed by atoms with van der Waals surface area (Å²) in [6.45, 7) is 9.28. The highest BCUT2D eigenvalue weighted by atomic mass is 79.9. The third-order valence-electron chi connectivity index (χ3n) is 3.55. The summed E-state index contributed by atoms with van der Waals surface area (Å²) < 4.78 is 8.86. The number of ether oxygens (including phenoxy) is 1. The molecule has 2 rings (SSSR count). The second kappa shape index (κ2) is 6.83. The molecule has 1 aliphatic heterocycles. The second-order valence-corrected chi connectivity index (χ2v) is 5.63. The van der Waals surface area contributed by atoms with Crippen molar-refractivity contribution >= 4 is 15.9 Å². The zero-order chi connectivity index (χ0) is 13.8. The number of halogens is 1. The van der Waals surface area contributed by atoms with Crippen LogP contribution in [-0.2, 0) is 24.2 Å². The van der Waals surface area contributed by atoms with Crippen molar-refractivity contribution in [2.75, 3.05) is 26.2 Å². The fraction of sp³-hybridized carbons (Fsp3) is 0.769.